The quantitative estimate of drug-likeness (QED) is 0.438. The molecule has 2 aromatic carbocycles. The Kier molecular flexibility index (Phi) is 5.20. The third-order valence-corrected chi connectivity index (χ3v) is 5.21. The Balaban J connectivity index is 1.68. The molecule has 3 rings (SSSR count). The molecule has 1 heterocycles. The van der Waals surface area contributed by atoms with Gasteiger partial charge in [-0.3, -0.25) is 21.0 Å². The molecule has 122 valence electrons. The molecule has 1 aromatic heterocycles. The van der Waals surface area contributed by atoms with E-state index in [2.05, 4.69) is 16.2 Å². The van der Waals surface area contributed by atoms with Gasteiger partial charge in [0, 0.05) is 15.1 Å². The van der Waals surface area contributed by atoms with Crippen molar-refractivity contribution < 1.29 is 4.79 Å². The third-order valence-electron chi connectivity index (χ3n) is 3.12. The summed E-state index contributed by atoms with van der Waals surface area (Å²) in [6, 6.07) is 14.7. The van der Waals surface area contributed by atoms with Gasteiger partial charge in [0.05, 0.1) is 10.7 Å². The fraction of sp³-hybridized carbons (Fsp3) is 0. The Hall–Kier alpha value is -1.86. The molecular formula is C16H11Cl2N3OS2. The minimum atomic E-state index is -0.371. The summed E-state index contributed by atoms with van der Waals surface area (Å²) < 4.78 is 0.846. The number of hydrogen-bond acceptors (Lipinski definition) is 4. The SMILES string of the molecule is O=C(NC(=S)NNc1ccccc1)c1sc2cc(Cl)ccc2c1Cl. The molecule has 0 radical (unpaired) electrons. The first-order chi connectivity index (χ1) is 11.5. The van der Waals surface area contributed by atoms with E-state index in [4.69, 9.17) is 35.4 Å². The lowest BCUT2D eigenvalue weighted by atomic mass is 10.2. The third kappa shape index (κ3) is 3.79. The maximum absolute atomic E-state index is 12.4. The van der Waals surface area contributed by atoms with E-state index in [9.17, 15) is 4.79 Å². The molecule has 0 unspecified atom stereocenters. The van der Waals surface area contributed by atoms with Gasteiger partial charge < -0.3 is 0 Å². The van der Waals surface area contributed by atoms with Crippen LogP contribution in [0, 0.1) is 0 Å². The number of hydrogen-bond donors (Lipinski definition) is 3. The van der Waals surface area contributed by atoms with Gasteiger partial charge >= 0.3 is 0 Å². The molecule has 3 aromatic rings. The maximum atomic E-state index is 12.4. The van der Waals surface area contributed by atoms with E-state index in [1.807, 2.05) is 30.3 Å². The maximum Gasteiger partial charge on any atom is 0.269 e. The number of halogens is 2. The van der Waals surface area contributed by atoms with Crippen molar-refractivity contribution in [2.45, 2.75) is 0 Å². The van der Waals surface area contributed by atoms with Crippen molar-refractivity contribution in [2.75, 3.05) is 5.43 Å². The summed E-state index contributed by atoms with van der Waals surface area (Å²) in [5, 5.41) is 4.52. The fourth-order valence-corrected chi connectivity index (χ4v) is 3.86. The molecule has 4 nitrogen and oxygen atoms in total. The van der Waals surface area contributed by atoms with Crippen LogP contribution in [0.5, 0.6) is 0 Å². The number of para-hydroxylation sites is 1. The highest BCUT2D eigenvalue weighted by Gasteiger charge is 2.18. The number of nitrogens with one attached hydrogen (secondary N) is 3. The van der Waals surface area contributed by atoms with Crippen LogP contribution in [0.25, 0.3) is 10.1 Å². The molecule has 24 heavy (non-hydrogen) atoms. The number of thiophene rings is 1. The van der Waals surface area contributed by atoms with E-state index >= 15 is 0 Å². The smallest absolute Gasteiger partial charge is 0.269 e. The van der Waals surface area contributed by atoms with E-state index in [1.165, 1.54) is 11.3 Å². The number of amides is 1. The lowest BCUT2D eigenvalue weighted by molar-refractivity contribution is 0.0981. The monoisotopic (exact) mass is 395 g/mol. The predicted octanol–water partition coefficient (Wildman–Crippen LogP) is 4.84. The van der Waals surface area contributed by atoms with Crippen LogP contribution in [0.15, 0.2) is 48.5 Å². The van der Waals surface area contributed by atoms with E-state index in [0.29, 0.717) is 14.9 Å². The Bertz CT molecular complexity index is 912. The summed E-state index contributed by atoms with van der Waals surface area (Å²) in [5.41, 5.74) is 6.47. The van der Waals surface area contributed by atoms with Crippen molar-refractivity contribution in [3.05, 3.63) is 63.5 Å². The largest absolute Gasteiger partial charge is 0.299 e. The van der Waals surface area contributed by atoms with Crippen molar-refractivity contribution in [3.8, 4) is 0 Å². The number of rotatable bonds is 3. The summed E-state index contributed by atoms with van der Waals surface area (Å²) in [4.78, 5) is 12.8. The van der Waals surface area contributed by atoms with Gasteiger partial charge in [0.2, 0.25) is 0 Å². The second-order valence-corrected chi connectivity index (χ2v) is 7.06. The molecule has 0 bridgehead atoms. The van der Waals surface area contributed by atoms with Crippen molar-refractivity contribution in [2.24, 2.45) is 0 Å². The van der Waals surface area contributed by atoms with Crippen LogP contribution in [0.1, 0.15) is 9.67 Å². The van der Waals surface area contributed by atoms with Crippen molar-refractivity contribution in [1.29, 1.82) is 0 Å². The van der Waals surface area contributed by atoms with Crippen molar-refractivity contribution in [3.63, 3.8) is 0 Å². The first-order valence-electron chi connectivity index (χ1n) is 6.84. The van der Waals surface area contributed by atoms with Gasteiger partial charge in [0.1, 0.15) is 4.88 Å². The Morgan fingerprint density at radius 3 is 2.58 bits per heavy atom. The zero-order valence-corrected chi connectivity index (χ0v) is 15.2. The lowest BCUT2D eigenvalue weighted by Crippen LogP contribution is -2.41. The van der Waals surface area contributed by atoms with Gasteiger partial charge in [0.15, 0.2) is 5.11 Å². The molecule has 0 spiro atoms. The molecule has 1 amide bonds. The van der Waals surface area contributed by atoms with Crippen LogP contribution in [0.4, 0.5) is 5.69 Å². The van der Waals surface area contributed by atoms with E-state index in [-0.39, 0.29) is 11.0 Å². The normalized spacial score (nSPS) is 10.4. The van der Waals surface area contributed by atoms with Crippen LogP contribution in [0.2, 0.25) is 10.0 Å². The molecule has 0 saturated heterocycles. The summed E-state index contributed by atoms with van der Waals surface area (Å²) in [6.07, 6.45) is 0. The first kappa shape index (κ1) is 17.0. The van der Waals surface area contributed by atoms with Gasteiger partial charge in [0.25, 0.3) is 5.91 Å². The van der Waals surface area contributed by atoms with Gasteiger partial charge in [-0.05, 0) is 36.5 Å². The number of hydrazine groups is 1. The van der Waals surface area contributed by atoms with Crippen molar-refractivity contribution in [1.82, 2.24) is 10.7 Å². The lowest BCUT2D eigenvalue weighted by Gasteiger charge is -2.11. The second kappa shape index (κ2) is 7.36. The molecule has 0 aliphatic rings. The molecule has 0 aliphatic carbocycles. The molecule has 8 heteroatoms. The molecule has 0 fully saturated rings. The van der Waals surface area contributed by atoms with Gasteiger partial charge in [-0.25, -0.2) is 0 Å². The highest BCUT2D eigenvalue weighted by Crippen LogP contribution is 2.36. The highest BCUT2D eigenvalue weighted by molar-refractivity contribution is 7.80. The average molecular weight is 396 g/mol. The summed E-state index contributed by atoms with van der Waals surface area (Å²) in [6.45, 7) is 0. The zero-order valence-electron chi connectivity index (χ0n) is 12.1. The Morgan fingerprint density at radius 2 is 1.83 bits per heavy atom. The Morgan fingerprint density at radius 1 is 1.08 bits per heavy atom. The second-order valence-electron chi connectivity index (χ2n) is 4.78. The minimum Gasteiger partial charge on any atom is -0.299 e. The number of carbonyl (C=O) groups excluding carboxylic acids is 1. The van der Waals surface area contributed by atoms with E-state index < -0.39 is 0 Å². The molecule has 0 saturated carbocycles. The standard InChI is InChI=1S/C16H11Cl2N3OS2/c17-9-6-7-11-12(8-9)24-14(13(11)18)15(22)19-16(23)21-20-10-4-2-1-3-5-10/h1-8,20H,(H2,19,21,22,23). The van der Waals surface area contributed by atoms with Gasteiger partial charge in [-0.1, -0.05) is 47.5 Å². The topological polar surface area (TPSA) is 53.2 Å². The van der Waals surface area contributed by atoms with Crippen molar-refractivity contribution >= 4 is 73.5 Å². The highest BCUT2D eigenvalue weighted by atomic mass is 35.5. The number of carbonyl (C=O) groups is 1. The first-order valence-corrected chi connectivity index (χ1v) is 8.82. The minimum absolute atomic E-state index is 0.149. The number of fused-ring (bicyclic) bond motifs is 1. The molecule has 3 N–H and O–H groups in total. The van der Waals surface area contributed by atoms with Crippen LogP contribution >= 0.6 is 46.8 Å². The number of benzene rings is 2. The fourth-order valence-electron chi connectivity index (χ4n) is 2.03. The Labute approximate surface area is 157 Å². The zero-order chi connectivity index (χ0) is 17.1. The number of thiocarbonyl (C=S) groups is 1. The van der Waals surface area contributed by atoms with E-state index in [1.54, 1.807) is 18.2 Å². The van der Waals surface area contributed by atoms with Crippen LogP contribution in [-0.2, 0) is 0 Å². The van der Waals surface area contributed by atoms with Gasteiger partial charge in [-0.2, -0.15) is 0 Å². The van der Waals surface area contributed by atoms with Crippen LogP contribution in [-0.4, -0.2) is 11.0 Å². The predicted molar refractivity (Wildman–Crippen MR) is 105 cm³/mol. The molecular weight excluding hydrogens is 385 g/mol. The average Bonchev–Trinajstić information content (AvgIpc) is 2.90. The number of anilines is 1. The van der Waals surface area contributed by atoms with E-state index in [0.717, 1.165) is 15.8 Å². The summed E-state index contributed by atoms with van der Waals surface area (Å²) in [7, 11) is 0. The summed E-state index contributed by atoms with van der Waals surface area (Å²) in [5.74, 6) is -0.371. The molecule has 0 aliphatic heterocycles. The van der Waals surface area contributed by atoms with Gasteiger partial charge in [-0.15, -0.1) is 11.3 Å². The van der Waals surface area contributed by atoms with Crippen LogP contribution < -0.4 is 16.2 Å². The molecule has 0 atom stereocenters. The van der Waals surface area contributed by atoms with Crippen LogP contribution in [0.3, 0.4) is 0 Å². The summed E-state index contributed by atoms with van der Waals surface area (Å²) >= 11 is 18.6.